The topological polar surface area (TPSA) is 120 Å². The molecule has 10 heteroatoms. The first-order chi connectivity index (χ1) is 14.8. The molecule has 4 rings (SSSR count). The number of anilines is 1. The Morgan fingerprint density at radius 3 is 2.48 bits per heavy atom. The maximum atomic E-state index is 13.2. The monoisotopic (exact) mass is 443 g/mol. The number of fused-ring (bicyclic) bond motifs is 1. The maximum Gasteiger partial charge on any atom is 0.341 e. The number of nitrogens with zero attached hydrogens (tertiary/aromatic N) is 2. The van der Waals surface area contributed by atoms with E-state index >= 15 is 0 Å². The fraction of sp³-hybridized carbons (Fsp3) is 0.238. The predicted molar refractivity (Wildman–Crippen MR) is 115 cm³/mol. The number of aromatic nitrogens is 1. The quantitative estimate of drug-likeness (QED) is 0.616. The molecule has 9 nitrogen and oxygen atoms in total. The lowest BCUT2D eigenvalue weighted by Gasteiger charge is -2.35. The predicted octanol–water partition coefficient (Wildman–Crippen LogP) is 1.75. The number of methoxy groups -OCH3 is 1. The van der Waals surface area contributed by atoms with E-state index < -0.39 is 27.0 Å². The highest BCUT2D eigenvalue weighted by Gasteiger charge is 2.30. The molecule has 0 saturated carbocycles. The van der Waals surface area contributed by atoms with Crippen molar-refractivity contribution in [2.45, 2.75) is 4.90 Å². The molecule has 0 atom stereocenters. The average molecular weight is 443 g/mol. The van der Waals surface area contributed by atoms with Crippen molar-refractivity contribution in [3.63, 3.8) is 0 Å². The third-order valence-corrected chi connectivity index (χ3v) is 7.28. The van der Waals surface area contributed by atoms with Gasteiger partial charge in [0.25, 0.3) is 0 Å². The van der Waals surface area contributed by atoms with Gasteiger partial charge in [-0.05, 0) is 30.3 Å². The van der Waals surface area contributed by atoms with Gasteiger partial charge in [0.05, 0.1) is 17.7 Å². The molecule has 0 bridgehead atoms. The number of rotatable bonds is 5. The Kier molecular flexibility index (Phi) is 5.42. The SMILES string of the molecule is COc1ccccc1N1CCN(S(=O)(=O)c2ccc3[nH]cc(C(=O)O)c(=O)c3c2)CC1. The van der Waals surface area contributed by atoms with Crippen molar-refractivity contribution in [1.29, 1.82) is 0 Å². The number of pyridine rings is 1. The molecule has 1 fully saturated rings. The summed E-state index contributed by atoms with van der Waals surface area (Å²) in [6.07, 6.45) is 1.11. The zero-order valence-corrected chi connectivity index (χ0v) is 17.6. The second kappa shape index (κ2) is 8.05. The van der Waals surface area contributed by atoms with E-state index in [0.29, 0.717) is 18.6 Å². The first kappa shape index (κ1) is 20.9. The molecule has 2 N–H and O–H groups in total. The first-order valence-electron chi connectivity index (χ1n) is 9.60. The number of carboxylic acid groups (broad SMARTS) is 1. The normalized spacial score (nSPS) is 15.2. The number of aromatic carboxylic acids is 1. The van der Waals surface area contributed by atoms with Crippen LogP contribution < -0.4 is 15.1 Å². The summed E-state index contributed by atoms with van der Waals surface area (Å²) < 4.78 is 33.1. The number of benzene rings is 2. The Balaban J connectivity index is 1.61. The van der Waals surface area contributed by atoms with E-state index in [1.54, 1.807) is 7.11 Å². The molecular weight excluding hydrogens is 422 g/mol. The van der Waals surface area contributed by atoms with Crippen LogP contribution in [0.5, 0.6) is 5.75 Å². The highest BCUT2D eigenvalue weighted by Crippen LogP contribution is 2.29. The Labute approximate surface area is 178 Å². The van der Waals surface area contributed by atoms with Gasteiger partial charge in [-0.2, -0.15) is 4.31 Å². The molecule has 1 saturated heterocycles. The number of carboxylic acids is 1. The highest BCUT2D eigenvalue weighted by atomic mass is 32.2. The average Bonchev–Trinajstić information content (AvgIpc) is 2.79. The van der Waals surface area contributed by atoms with Crippen LogP contribution in [0.4, 0.5) is 5.69 Å². The number of hydrogen-bond donors (Lipinski definition) is 2. The van der Waals surface area contributed by atoms with Gasteiger partial charge in [-0.25, -0.2) is 13.2 Å². The third kappa shape index (κ3) is 3.75. The van der Waals surface area contributed by atoms with Gasteiger partial charge in [0.15, 0.2) is 0 Å². The van der Waals surface area contributed by atoms with Gasteiger partial charge in [0, 0.05) is 43.3 Å². The summed E-state index contributed by atoms with van der Waals surface area (Å²) in [4.78, 5) is 28.4. The van der Waals surface area contributed by atoms with Crippen LogP contribution in [-0.2, 0) is 10.0 Å². The third-order valence-electron chi connectivity index (χ3n) is 5.38. The summed E-state index contributed by atoms with van der Waals surface area (Å²) in [5, 5.41) is 9.18. The number of hydrogen-bond acceptors (Lipinski definition) is 6. The van der Waals surface area contributed by atoms with Crippen LogP contribution in [0.2, 0.25) is 0 Å². The largest absolute Gasteiger partial charge is 0.495 e. The molecule has 1 aliphatic rings. The van der Waals surface area contributed by atoms with Crippen LogP contribution >= 0.6 is 0 Å². The zero-order valence-electron chi connectivity index (χ0n) is 16.7. The Bertz CT molecular complexity index is 1310. The van der Waals surface area contributed by atoms with Crippen molar-refractivity contribution >= 4 is 32.6 Å². The van der Waals surface area contributed by atoms with Crippen molar-refractivity contribution < 1.29 is 23.1 Å². The van der Waals surface area contributed by atoms with Crippen LogP contribution in [0.3, 0.4) is 0 Å². The number of piperazine rings is 1. The van der Waals surface area contributed by atoms with Gasteiger partial charge < -0.3 is 19.7 Å². The highest BCUT2D eigenvalue weighted by molar-refractivity contribution is 7.89. The number of sulfonamides is 1. The second-order valence-electron chi connectivity index (χ2n) is 7.11. The minimum atomic E-state index is -3.85. The molecule has 1 aromatic heterocycles. The van der Waals surface area contributed by atoms with Gasteiger partial charge in [-0.15, -0.1) is 0 Å². The van der Waals surface area contributed by atoms with E-state index in [1.165, 1.54) is 22.5 Å². The Morgan fingerprint density at radius 2 is 1.81 bits per heavy atom. The number of para-hydroxylation sites is 2. The number of H-pyrrole nitrogens is 1. The van der Waals surface area contributed by atoms with Crippen molar-refractivity contribution in [2.24, 2.45) is 0 Å². The minimum Gasteiger partial charge on any atom is -0.495 e. The summed E-state index contributed by atoms with van der Waals surface area (Å²) in [6, 6.07) is 11.7. The lowest BCUT2D eigenvalue weighted by Crippen LogP contribution is -2.48. The molecule has 162 valence electrons. The number of nitrogens with one attached hydrogen (secondary N) is 1. The molecule has 3 aromatic rings. The van der Waals surface area contributed by atoms with E-state index in [0.717, 1.165) is 17.6 Å². The second-order valence-corrected chi connectivity index (χ2v) is 9.04. The summed E-state index contributed by atoms with van der Waals surface area (Å²) in [7, 11) is -2.26. The smallest absolute Gasteiger partial charge is 0.341 e. The lowest BCUT2D eigenvalue weighted by molar-refractivity contribution is 0.0695. The lowest BCUT2D eigenvalue weighted by atomic mass is 10.1. The molecule has 0 spiro atoms. The fourth-order valence-electron chi connectivity index (χ4n) is 3.73. The van der Waals surface area contributed by atoms with Crippen LogP contribution in [0.15, 0.2) is 58.4 Å². The van der Waals surface area contributed by atoms with Crippen molar-refractivity contribution in [3.8, 4) is 5.75 Å². The summed E-state index contributed by atoms with van der Waals surface area (Å²) in [5.41, 5.74) is 0.113. The molecule has 0 amide bonds. The van der Waals surface area contributed by atoms with Crippen LogP contribution in [0.1, 0.15) is 10.4 Å². The van der Waals surface area contributed by atoms with Crippen molar-refractivity contribution in [1.82, 2.24) is 9.29 Å². The Hall–Kier alpha value is -3.37. The van der Waals surface area contributed by atoms with Gasteiger partial charge in [-0.3, -0.25) is 4.79 Å². The number of aromatic amines is 1. The fourth-order valence-corrected chi connectivity index (χ4v) is 5.18. The van der Waals surface area contributed by atoms with Crippen molar-refractivity contribution in [2.75, 3.05) is 38.2 Å². The number of carbonyl (C=O) groups is 1. The Morgan fingerprint density at radius 1 is 1.10 bits per heavy atom. The molecule has 0 unspecified atom stereocenters. The van der Waals surface area contributed by atoms with Crippen LogP contribution in [0.25, 0.3) is 10.9 Å². The molecule has 31 heavy (non-hydrogen) atoms. The minimum absolute atomic E-state index is 0.0219. The van der Waals surface area contributed by atoms with Gasteiger partial charge >= 0.3 is 5.97 Å². The van der Waals surface area contributed by atoms with Gasteiger partial charge in [0.2, 0.25) is 15.5 Å². The van der Waals surface area contributed by atoms with E-state index in [2.05, 4.69) is 9.88 Å². The summed E-state index contributed by atoms with van der Waals surface area (Å²) in [6.45, 7) is 1.50. The zero-order chi connectivity index (χ0) is 22.2. The van der Waals surface area contributed by atoms with Crippen LogP contribution in [0, 0.1) is 0 Å². The molecule has 2 aromatic carbocycles. The molecule has 0 radical (unpaired) electrons. The van der Waals surface area contributed by atoms with E-state index in [1.807, 2.05) is 24.3 Å². The molecule has 1 aliphatic heterocycles. The van der Waals surface area contributed by atoms with Gasteiger partial charge in [-0.1, -0.05) is 12.1 Å². The maximum absolute atomic E-state index is 13.2. The van der Waals surface area contributed by atoms with E-state index in [-0.39, 0.29) is 23.4 Å². The standard InChI is InChI=1S/C21H21N3O6S/c1-30-19-5-3-2-4-18(19)23-8-10-24(11-9-23)31(28,29)14-6-7-17-15(12-14)20(25)16(13-22-17)21(26)27/h2-7,12-13H,8-11H2,1H3,(H,22,25)(H,26,27). The molecule has 2 heterocycles. The van der Waals surface area contributed by atoms with E-state index in [4.69, 9.17) is 9.84 Å². The van der Waals surface area contributed by atoms with Crippen LogP contribution in [-0.4, -0.2) is 62.1 Å². The molecular formula is C21H21N3O6S. The van der Waals surface area contributed by atoms with E-state index in [9.17, 15) is 18.0 Å². The molecule has 0 aliphatic carbocycles. The summed E-state index contributed by atoms with van der Waals surface area (Å²) >= 11 is 0. The van der Waals surface area contributed by atoms with Crippen molar-refractivity contribution in [3.05, 3.63) is 64.4 Å². The van der Waals surface area contributed by atoms with Gasteiger partial charge in [0.1, 0.15) is 11.3 Å². The first-order valence-corrected chi connectivity index (χ1v) is 11.0. The number of ether oxygens (including phenoxy) is 1. The summed E-state index contributed by atoms with van der Waals surface area (Å²) in [5.74, 6) is -0.648.